The fourth-order valence-electron chi connectivity index (χ4n) is 1.75. The van der Waals surface area contributed by atoms with Crippen LogP contribution in [0.15, 0.2) is 28.1 Å². The first-order valence-corrected chi connectivity index (χ1v) is 7.25. The third kappa shape index (κ3) is 3.60. The van der Waals surface area contributed by atoms with Crippen molar-refractivity contribution in [2.45, 2.75) is 20.0 Å². The number of aromatic nitrogens is 1. The van der Waals surface area contributed by atoms with Gasteiger partial charge in [0, 0.05) is 22.9 Å². The summed E-state index contributed by atoms with van der Waals surface area (Å²) < 4.78 is 13.8. The minimum atomic E-state index is -0.219. The first-order valence-electron chi connectivity index (χ1n) is 5.58. The Morgan fingerprint density at radius 3 is 2.78 bits per heavy atom. The number of benzene rings is 1. The zero-order valence-corrected chi connectivity index (χ0v) is 12.7. The lowest BCUT2D eigenvalue weighted by atomic mass is 10.2. The third-order valence-electron chi connectivity index (χ3n) is 2.55. The molecular weight excluding hydrogens is 315 g/mol. The number of rotatable bonds is 4. The molecule has 0 aliphatic carbocycles. The standard InChI is InChI=1S/C13H14BrFN2S/c1-9-16-12(8-18-9)7-17(2)6-10-3-4-11(15)5-13(10)14/h3-5,8H,6-7H2,1-2H3. The van der Waals surface area contributed by atoms with Crippen LogP contribution in [0, 0.1) is 12.7 Å². The van der Waals surface area contributed by atoms with Crippen LogP contribution in [0.1, 0.15) is 16.3 Å². The van der Waals surface area contributed by atoms with Gasteiger partial charge < -0.3 is 0 Å². The van der Waals surface area contributed by atoms with Gasteiger partial charge in [-0.25, -0.2) is 9.37 Å². The van der Waals surface area contributed by atoms with Crippen LogP contribution in [0.5, 0.6) is 0 Å². The molecule has 2 aromatic rings. The Morgan fingerprint density at radius 2 is 2.17 bits per heavy atom. The molecular formula is C13H14BrFN2S. The fraction of sp³-hybridized carbons (Fsp3) is 0.308. The largest absolute Gasteiger partial charge is 0.296 e. The molecule has 0 atom stereocenters. The van der Waals surface area contributed by atoms with E-state index < -0.39 is 0 Å². The third-order valence-corrected chi connectivity index (χ3v) is 4.11. The highest BCUT2D eigenvalue weighted by molar-refractivity contribution is 9.10. The van der Waals surface area contributed by atoms with Crippen molar-refractivity contribution in [2.24, 2.45) is 0 Å². The molecule has 2 nitrogen and oxygen atoms in total. The molecule has 1 aromatic heterocycles. The van der Waals surface area contributed by atoms with Crippen molar-refractivity contribution < 1.29 is 4.39 Å². The molecule has 0 N–H and O–H groups in total. The molecule has 0 aliphatic heterocycles. The van der Waals surface area contributed by atoms with Gasteiger partial charge in [-0.3, -0.25) is 4.90 Å². The Labute approximate surface area is 119 Å². The highest BCUT2D eigenvalue weighted by Crippen LogP contribution is 2.20. The molecule has 0 spiro atoms. The van der Waals surface area contributed by atoms with E-state index >= 15 is 0 Å². The Hall–Kier alpha value is -0.780. The molecule has 5 heteroatoms. The first-order chi connectivity index (χ1) is 8.54. The summed E-state index contributed by atoms with van der Waals surface area (Å²) in [6, 6.07) is 4.79. The lowest BCUT2D eigenvalue weighted by molar-refractivity contribution is 0.315. The molecule has 0 saturated heterocycles. The number of thiazole rings is 1. The van der Waals surface area contributed by atoms with Crippen LogP contribution in [0.4, 0.5) is 4.39 Å². The summed E-state index contributed by atoms with van der Waals surface area (Å²) in [5.41, 5.74) is 2.16. The minimum Gasteiger partial charge on any atom is -0.296 e. The predicted octanol–water partition coefficient (Wildman–Crippen LogP) is 3.99. The van der Waals surface area contributed by atoms with E-state index in [0.717, 1.165) is 33.8 Å². The molecule has 0 radical (unpaired) electrons. The molecule has 18 heavy (non-hydrogen) atoms. The Bertz CT molecular complexity index is 542. The van der Waals surface area contributed by atoms with Crippen LogP contribution in [0.2, 0.25) is 0 Å². The molecule has 0 aliphatic rings. The predicted molar refractivity (Wildman–Crippen MR) is 76.1 cm³/mol. The molecule has 0 saturated carbocycles. The van der Waals surface area contributed by atoms with Crippen molar-refractivity contribution >= 4 is 27.3 Å². The van der Waals surface area contributed by atoms with Crippen molar-refractivity contribution in [1.29, 1.82) is 0 Å². The molecule has 2 rings (SSSR count). The lowest BCUT2D eigenvalue weighted by Gasteiger charge is -2.16. The summed E-state index contributed by atoms with van der Waals surface area (Å²) in [6.07, 6.45) is 0. The van der Waals surface area contributed by atoms with Gasteiger partial charge in [0.1, 0.15) is 5.82 Å². The molecule has 0 unspecified atom stereocenters. The van der Waals surface area contributed by atoms with Crippen LogP contribution in [0.3, 0.4) is 0 Å². The summed E-state index contributed by atoms with van der Waals surface area (Å²) in [5, 5.41) is 3.16. The van der Waals surface area contributed by atoms with Crippen molar-refractivity contribution in [2.75, 3.05) is 7.05 Å². The maximum atomic E-state index is 13.0. The summed E-state index contributed by atoms with van der Waals surface area (Å²) in [5.74, 6) is -0.219. The lowest BCUT2D eigenvalue weighted by Crippen LogP contribution is -2.17. The van der Waals surface area contributed by atoms with E-state index in [1.807, 2.05) is 20.0 Å². The summed E-state index contributed by atoms with van der Waals surface area (Å²) in [7, 11) is 2.03. The van der Waals surface area contributed by atoms with E-state index in [9.17, 15) is 4.39 Å². The summed E-state index contributed by atoms with van der Waals surface area (Å²) in [4.78, 5) is 6.59. The first kappa shape index (κ1) is 13.6. The van der Waals surface area contributed by atoms with Crippen LogP contribution in [-0.2, 0) is 13.1 Å². The zero-order chi connectivity index (χ0) is 13.1. The van der Waals surface area contributed by atoms with Crippen LogP contribution < -0.4 is 0 Å². The molecule has 0 amide bonds. The molecule has 1 heterocycles. The maximum absolute atomic E-state index is 13.0. The second-order valence-corrected chi connectivity index (χ2v) is 6.18. The topological polar surface area (TPSA) is 16.1 Å². The fourth-order valence-corrected chi connectivity index (χ4v) is 2.83. The van der Waals surface area contributed by atoms with Gasteiger partial charge in [-0.15, -0.1) is 11.3 Å². The molecule has 96 valence electrons. The maximum Gasteiger partial charge on any atom is 0.124 e. The van der Waals surface area contributed by atoms with E-state index in [-0.39, 0.29) is 5.82 Å². The Kier molecular flexibility index (Phi) is 4.48. The number of hydrogen-bond donors (Lipinski definition) is 0. The Balaban J connectivity index is 2.00. The van der Waals surface area contributed by atoms with Crippen molar-refractivity contribution in [3.8, 4) is 0 Å². The Morgan fingerprint density at radius 1 is 1.39 bits per heavy atom. The monoisotopic (exact) mass is 328 g/mol. The number of nitrogens with zero attached hydrogens (tertiary/aromatic N) is 2. The van der Waals surface area contributed by atoms with Gasteiger partial charge >= 0.3 is 0 Å². The van der Waals surface area contributed by atoms with Gasteiger partial charge in [0.15, 0.2) is 0 Å². The second kappa shape index (κ2) is 5.91. The van der Waals surface area contributed by atoms with Gasteiger partial charge in [0.25, 0.3) is 0 Å². The number of aryl methyl sites for hydroxylation is 1. The van der Waals surface area contributed by atoms with Gasteiger partial charge in [0.05, 0.1) is 10.7 Å². The second-order valence-electron chi connectivity index (χ2n) is 4.27. The van der Waals surface area contributed by atoms with E-state index in [4.69, 9.17) is 0 Å². The number of halogens is 2. The van der Waals surface area contributed by atoms with Gasteiger partial charge in [0.2, 0.25) is 0 Å². The summed E-state index contributed by atoms with van der Waals surface area (Å²) >= 11 is 5.05. The molecule has 1 aromatic carbocycles. The normalized spacial score (nSPS) is 11.2. The SMILES string of the molecule is Cc1nc(CN(C)Cc2ccc(F)cc2Br)cs1. The highest BCUT2D eigenvalue weighted by atomic mass is 79.9. The molecule has 0 fully saturated rings. The van der Waals surface area contributed by atoms with E-state index in [1.54, 1.807) is 11.3 Å². The van der Waals surface area contributed by atoms with E-state index in [0.29, 0.717) is 0 Å². The van der Waals surface area contributed by atoms with Crippen LogP contribution >= 0.6 is 27.3 Å². The van der Waals surface area contributed by atoms with E-state index in [2.05, 4.69) is 31.2 Å². The average Bonchev–Trinajstić information content (AvgIpc) is 2.68. The van der Waals surface area contributed by atoms with Gasteiger partial charge in [-0.2, -0.15) is 0 Å². The average molecular weight is 329 g/mol. The summed E-state index contributed by atoms with van der Waals surface area (Å²) in [6.45, 7) is 3.57. The van der Waals surface area contributed by atoms with Gasteiger partial charge in [-0.1, -0.05) is 22.0 Å². The van der Waals surface area contributed by atoms with Crippen LogP contribution in [0.25, 0.3) is 0 Å². The quantitative estimate of drug-likeness (QED) is 0.843. The molecule has 0 bridgehead atoms. The van der Waals surface area contributed by atoms with Crippen molar-refractivity contribution in [1.82, 2.24) is 9.88 Å². The van der Waals surface area contributed by atoms with E-state index in [1.165, 1.54) is 12.1 Å². The number of hydrogen-bond acceptors (Lipinski definition) is 3. The zero-order valence-electron chi connectivity index (χ0n) is 10.3. The van der Waals surface area contributed by atoms with Crippen molar-refractivity contribution in [3.05, 3.63) is 50.1 Å². The van der Waals surface area contributed by atoms with Crippen molar-refractivity contribution in [3.63, 3.8) is 0 Å². The van der Waals surface area contributed by atoms with Crippen LogP contribution in [-0.4, -0.2) is 16.9 Å². The van der Waals surface area contributed by atoms with Gasteiger partial charge in [-0.05, 0) is 31.7 Å². The smallest absolute Gasteiger partial charge is 0.124 e. The highest BCUT2D eigenvalue weighted by Gasteiger charge is 2.07. The minimum absolute atomic E-state index is 0.219.